The minimum absolute atomic E-state index is 0.000489. The standard InChI is InChI=1S/C23H19ClN2O2/c1-15(27)16-8-6-9-18(13-16)25-22-19-10-3-4-11-20(19)23(28)26(22)14-17-7-2-5-12-21(17)24/h2-13,22,25H,14H2,1H3. The molecule has 0 aliphatic carbocycles. The van der Waals surface area contributed by atoms with Gasteiger partial charge in [-0.05, 0) is 36.8 Å². The molecule has 1 aliphatic heterocycles. The Hall–Kier alpha value is -3.11. The molecule has 0 spiro atoms. The molecule has 4 nitrogen and oxygen atoms in total. The Bertz CT molecular complexity index is 1060. The lowest BCUT2D eigenvalue weighted by Gasteiger charge is -2.27. The molecule has 0 bridgehead atoms. The number of ketones is 1. The maximum Gasteiger partial charge on any atom is 0.256 e. The van der Waals surface area contributed by atoms with Gasteiger partial charge in [0.2, 0.25) is 0 Å². The lowest BCUT2D eigenvalue weighted by molar-refractivity contribution is 0.0728. The van der Waals surface area contributed by atoms with Gasteiger partial charge in [-0.25, -0.2) is 0 Å². The molecule has 0 saturated heterocycles. The zero-order valence-electron chi connectivity index (χ0n) is 15.4. The van der Waals surface area contributed by atoms with E-state index in [1.807, 2.05) is 60.7 Å². The van der Waals surface area contributed by atoms with Crippen LogP contribution >= 0.6 is 11.6 Å². The van der Waals surface area contributed by atoms with Gasteiger partial charge in [0.05, 0.1) is 0 Å². The molecule has 3 aromatic carbocycles. The van der Waals surface area contributed by atoms with Crippen LogP contribution in [0.4, 0.5) is 5.69 Å². The number of nitrogens with one attached hydrogen (secondary N) is 1. The van der Waals surface area contributed by atoms with Crippen molar-refractivity contribution in [3.63, 3.8) is 0 Å². The van der Waals surface area contributed by atoms with E-state index in [-0.39, 0.29) is 17.9 Å². The van der Waals surface area contributed by atoms with Gasteiger partial charge in [0.15, 0.2) is 5.78 Å². The molecule has 1 heterocycles. The summed E-state index contributed by atoms with van der Waals surface area (Å²) in [7, 11) is 0. The van der Waals surface area contributed by atoms with E-state index < -0.39 is 0 Å². The summed E-state index contributed by atoms with van der Waals surface area (Å²) in [6, 6.07) is 22.4. The molecule has 0 radical (unpaired) electrons. The second kappa shape index (κ2) is 7.49. The molecule has 140 valence electrons. The van der Waals surface area contributed by atoms with E-state index in [4.69, 9.17) is 11.6 Å². The Morgan fingerprint density at radius 1 is 1.04 bits per heavy atom. The van der Waals surface area contributed by atoms with E-state index in [2.05, 4.69) is 5.32 Å². The van der Waals surface area contributed by atoms with Gasteiger partial charge in [0.1, 0.15) is 6.17 Å². The predicted molar refractivity (Wildman–Crippen MR) is 111 cm³/mol. The number of hydrogen-bond acceptors (Lipinski definition) is 3. The number of fused-ring (bicyclic) bond motifs is 1. The van der Waals surface area contributed by atoms with Gasteiger partial charge in [-0.2, -0.15) is 0 Å². The summed E-state index contributed by atoms with van der Waals surface area (Å²) in [5.74, 6) is -0.0461. The van der Waals surface area contributed by atoms with Crippen molar-refractivity contribution in [1.82, 2.24) is 4.90 Å². The van der Waals surface area contributed by atoms with Gasteiger partial charge < -0.3 is 10.2 Å². The molecule has 1 amide bonds. The average Bonchev–Trinajstić information content (AvgIpc) is 2.96. The molecule has 0 fully saturated rings. The summed E-state index contributed by atoms with van der Waals surface area (Å²) >= 11 is 6.33. The highest BCUT2D eigenvalue weighted by Gasteiger charge is 2.36. The number of carbonyl (C=O) groups is 2. The number of nitrogens with zero attached hydrogens (tertiary/aromatic N) is 1. The van der Waals surface area contributed by atoms with Crippen molar-refractivity contribution in [2.24, 2.45) is 0 Å². The summed E-state index contributed by atoms with van der Waals surface area (Å²) in [6.07, 6.45) is -0.345. The third-order valence-corrected chi connectivity index (χ3v) is 5.30. The van der Waals surface area contributed by atoms with E-state index in [0.717, 1.165) is 16.8 Å². The fraction of sp³-hybridized carbons (Fsp3) is 0.130. The summed E-state index contributed by atoms with van der Waals surface area (Å²) in [5.41, 5.74) is 3.88. The first-order valence-corrected chi connectivity index (χ1v) is 9.43. The van der Waals surface area contributed by atoms with Gasteiger partial charge >= 0.3 is 0 Å². The third kappa shape index (κ3) is 3.39. The lowest BCUT2D eigenvalue weighted by atomic mass is 10.1. The number of Topliss-reactive ketones (excluding diaryl/α,β-unsaturated/α-hetero) is 1. The Morgan fingerprint density at radius 2 is 1.79 bits per heavy atom. The second-order valence-corrected chi connectivity index (χ2v) is 7.20. The monoisotopic (exact) mass is 390 g/mol. The molecule has 28 heavy (non-hydrogen) atoms. The van der Waals surface area contributed by atoms with Crippen LogP contribution in [-0.2, 0) is 6.54 Å². The molecule has 0 aromatic heterocycles. The summed E-state index contributed by atoms with van der Waals surface area (Å²) in [5, 5.41) is 4.05. The molecular formula is C23H19ClN2O2. The molecule has 5 heteroatoms. The highest BCUT2D eigenvalue weighted by atomic mass is 35.5. The Kier molecular flexibility index (Phi) is 4.88. The van der Waals surface area contributed by atoms with Gasteiger partial charge in [-0.1, -0.05) is 60.1 Å². The van der Waals surface area contributed by atoms with Crippen molar-refractivity contribution in [1.29, 1.82) is 0 Å². The fourth-order valence-electron chi connectivity index (χ4n) is 3.48. The highest BCUT2D eigenvalue weighted by molar-refractivity contribution is 6.31. The van der Waals surface area contributed by atoms with Crippen LogP contribution in [0.15, 0.2) is 72.8 Å². The molecule has 4 rings (SSSR count). The van der Waals surface area contributed by atoms with Gasteiger partial charge in [0, 0.05) is 33.9 Å². The molecule has 0 saturated carbocycles. The fourth-order valence-corrected chi connectivity index (χ4v) is 3.68. The van der Waals surface area contributed by atoms with Crippen LogP contribution in [0.5, 0.6) is 0 Å². The summed E-state index contributed by atoms with van der Waals surface area (Å²) in [6.45, 7) is 1.93. The van der Waals surface area contributed by atoms with Gasteiger partial charge in [0.25, 0.3) is 5.91 Å². The molecule has 1 atom stereocenters. The van der Waals surface area contributed by atoms with Crippen LogP contribution < -0.4 is 5.32 Å². The topological polar surface area (TPSA) is 49.4 Å². The molecule has 1 aliphatic rings. The largest absolute Gasteiger partial charge is 0.361 e. The average molecular weight is 391 g/mol. The molecule has 3 aromatic rings. The summed E-state index contributed by atoms with van der Waals surface area (Å²) < 4.78 is 0. The molecular weight excluding hydrogens is 372 g/mol. The number of benzene rings is 3. The molecule has 1 unspecified atom stereocenters. The number of anilines is 1. The van der Waals surface area contributed by atoms with Crippen molar-refractivity contribution in [2.75, 3.05) is 5.32 Å². The maximum atomic E-state index is 13.1. The van der Waals surface area contributed by atoms with E-state index in [1.165, 1.54) is 6.92 Å². The first-order valence-electron chi connectivity index (χ1n) is 9.05. The zero-order valence-corrected chi connectivity index (χ0v) is 16.1. The molecule has 1 N–H and O–H groups in total. The first kappa shape index (κ1) is 18.3. The Labute approximate surface area is 168 Å². The Balaban J connectivity index is 1.71. The lowest BCUT2D eigenvalue weighted by Crippen LogP contribution is -2.32. The van der Waals surface area contributed by atoms with Crippen LogP contribution in [0, 0.1) is 0 Å². The minimum Gasteiger partial charge on any atom is -0.361 e. The number of rotatable bonds is 5. The third-order valence-electron chi connectivity index (χ3n) is 4.93. The number of halogens is 1. The van der Waals surface area contributed by atoms with Crippen molar-refractivity contribution < 1.29 is 9.59 Å². The van der Waals surface area contributed by atoms with E-state index in [0.29, 0.717) is 22.7 Å². The number of carbonyl (C=O) groups excluding carboxylic acids is 2. The zero-order chi connectivity index (χ0) is 19.7. The van der Waals surface area contributed by atoms with Crippen LogP contribution in [-0.4, -0.2) is 16.6 Å². The van der Waals surface area contributed by atoms with Crippen molar-refractivity contribution >= 4 is 29.0 Å². The van der Waals surface area contributed by atoms with Crippen LogP contribution in [0.25, 0.3) is 0 Å². The second-order valence-electron chi connectivity index (χ2n) is 6.80. The van der Waals surface area contributed by atoms with Crippen LogP contribution in [0.3, 0.4) is 0 Å². The van der Waals surface area contributed by atoms with Crippen molar-refractivity contribution in [2.45, 2.75) is 19.6 Å². The van der Waals surface area contributed by atoms with E-state index in [9.17, 15) is 9.59 Å². The van der Waals surface area contributed by atoms with Crippen molar-refractivity contribution in [3.8, 4) is 0 Å². The first-order chi connectivity index (χ1) is 13.5. The van der Waals surface area contributed by atoms with Gasteiger partial charge in [-0.3, -0.25) is 9.59 Å². The number of hydrogen-bond donors (Lipinski definition) is 1. The van der Waals surface area contributed by atoms with E-state index >= 15 is 0 Å². The normalized spacial score (nSPS) is 15.4. The SMILES string of the molecule is CC(=O)c1cccc(NC2c3ccccc3C(=O)N2Cc2ccccc2Cl)c1. The smallest absolute Gasteiger partial charge is 0.256 e. The maximum absolute atomic E-state index is 13.1. The number of amides is 1. The van der Waals surface area contributed by atoms with Crippen molar-refractivity contribution in [3.05, 3.63) is 100 Å². The van der Waals surface area contributed by atoms with Crippen LogP contribution in [0.2, 0.25) is 5.02 Å². The Morgan fingerprint density at radius 3 is 2.57 bits per heavy atom. The van der Waals surface area contributed by atoms with Gasteiger partial charge in [-0.15, -0.1) is 0 Å². The minimum atomic E-state index is -0.345. The predicted octanol–water partition coefficient (Wildman–Crippen LogP) is 5.31. The van der Waals surface area contributed by atoms with Crippen LogP contribution in [0.1, 0.15) is 44.9 Å². The summed E-state index contributed by atoms with van der Waals surface area (Å²) in [4.78, 5) is 26.6. The van der Waals surface area contributed by atoms with E-state index in [1.54, 1.807) is 17.0 Å². The quantitative estimate of drug-likeness (QED) is 0.600. The highest BCUT2D eigenvalue weighted by Crippen LogP contribution is 2.36.